The molecule has 1 unspecified atom stereocenters. The van der Waals surface area contributed by atoms with Crippen LogP contribution in [0, 0.1) is 0 Å². The van der Waals surface area contributed by atoms with Gasteiger partial charge in [0.25, 0.3) is 0 Å². The van der Waals surface area contributed by atoms with Crippen LogP contribution in [-0.2, 0) is 0 Å². The highest BCUT2D eigenvalue weighted by Crippen LogP contribution is 2.22. The SMILES string of the molecule is Nc1csc2c1=CCC(c1cccnc1)N=2. The molecule has 0 fully saturated rings. The number of rotatable bonds is 1. The van der Waals surface area contributed by atoms with Crippen LogP contribution in [0.1, 0.15) is 18.0 Å². The van der Waals surface area contributed by atoms with E-state index in [-0.39, 0.29) is 6.04 Å². The van der Waals surface area contributed by atoms with Crippen molar-refractivity contribution in [3.8, 4) is 0 Å². The molecule has 2 aromatic rings. The van der Waals surface area contributed by atoms with E-state index >= 15 is 0 Å². The van der Waals surface area contributed by atoms with Crippen molar-refractivity contribution >= 4 is 23.1 Å². The van der Waals surface area contributed by atoms with Gasteiger partial charge < -0.3 is 5.73 Å². The van der Waals surface area contributed by atoms with Crippen molar-refractivity contribution in [2.24, 2.45) is 4.99 Å². The highest BCUT2D eigenvalue weighted by Gasteiger charge is 2.12. The Labute approximate surface area is 97.0 Å². The molecule has 0 aliphatic carbocycles. The number of thiophene rings is 1. The summed E-state index contributed by atoms with van der Waals surface area (Å²) in [5.74, 6) is 0. The van der Waals surface area contributed by atoms with Crippen LogP contribution in [-0.4, -0.2) is 4.98 Å². The fourth-order valence-electron chi connectivity index (χ4n) is 1.88. The molecule has 3 nitrogen and oxygen atoms in total. The third-order valence-corrected chi connectivity index (χ3v) is 3.65. The molecule has 0 bridgehead atoms. The van der Waals surface area contributed by atoms with E-state index in [4.69, 9.17) is 10.7 Å². The molecular weight excluding hydrogens is 218 g/mol. The molecule has 16 heavy (non-hydrogen) atoms. The van der Waals surface area contributed by atoms with Crippen LogP contribution in [0.3, 0.4) is 0 Å². The Bertz CT molecular complexity index is 615. The van der Waals surface area contributed by atoms with Gasteiger partial charge in [-0.25, -0.2) is 0 Å². The first-order valence-electron chi connectivity index (χ1n) is 5.15. The molecule has 0 amide bonds. The van der Waals surface area contributed by atoms with Crippen LogP contribution < -0.4 is 15.6 Å². The standard InChI is InChI=1S/C12H11N3S/c13-10-7-16-12-9(10)3-4-11(15-12)8-2-1-5-14-6-8/h1-3,5-7,11H,4,13H2. The summed E-state index contributed by atoms with van der Waals surface area (Å²) >= 11 is 1.61. The zero-order valence-corrected chi connectivity index (χ0v) is 9.45. The van der Waals surface area contributed by atoms with E-state index in [0.717, 1.165) is 27.6 Å². The van der Waals surface area contributed by atoms with Gasteiger partial charge in [0.2, 0.25) is 0 Å². The van der Waals surface area contributed by atoms with Crippen molar-refractivity contribution in [1.29, 1.82) is 0 Å². The summed E-state index contributed by atoms with van der Waals surface area (Å²) < 4.78 is 1.04. The fourth-order valence-corrected chi connectivity index (χ4v) is 2.76. The first-order chi connectivity index (χ1) is 7.84. The number of aromatic nitrogens is 1. The minimum Gasteiger partial charge on any atom is -0.398 e. The first kappa shape index (κ1) is 9.54. The third kappa shape index (κ3) is 1.51. The number of nitrogen functional groups attached to an aromatic ring is 1. The second kappa shape index (κ2) is 3.72. The van der Waals surface area contributed by atoms with Gasteiger partial charge >= 0.3 is 0 Å². The zero-order valence-electron chi connectivity index (χ0n) is 8.63. The van der Waals surface area contributed by atoms with E-state index < -0.39 is 0 Å². The molecule has 2 aromatic heterocycles. The number of pyridine rings is 1. The summed E-state index contributed by atoms with van der Waals surface area (Å²) in [4.78, 5) is 8.83. The molecule has 1 aliphatic heterocycles. The Morgan fingerprint density at radius 2 is 2.38 bits per heavy atom. The number of nitrogens with two attached hydrogens (primary N) is 1. The monoisotopic (exact) mass is 229 g/mol. The molecule has 3 heterocycles. The van der Waals surface area contributed by atoms with Gasteiger partial charge in [-0.15, -0.1) is 11.3 Å². The van der Waals surface area contributed by atoms with Gasteiger partial charge in [-0.3, -0.25) is 9.98 Å². The molecule has 0 aromatic carbocycles. The van der Waals surface area contributed by atoms with Crippen molar-refractivity contribution < 1.29 is 0 Å². The van der Waals surface area contributed by atoms with Crippen molar-refractivity contribution in [1.82, 2.24) is 4.98 Å². The Hall–Kier alpha value is -1.68. The molecule has 2 N–H and O–H groups in total. The van der Waals surface area contributed by atoms with Crippen LogP contribution in [0.15, 0.2) is 34.9 Å². The third-order valence-electron chi connectivity index (χ3n) is 2.73. The Morgan fingerprint density at radius 1 is 1.44 bits per heavy atom. The normalized spacial score (nSPS) is 18.4. The highest BCUT2D eigenvalue weighted by molar-refractivity contribution is 7.07. The van der Waals surface area contributed by atoms with Crippen molar-refractivity contribution in [3.63, 3.8) is 0 Å². The second-order valence-electron chi connectivity index (χ2n) is 3.78. The average molecular weight is 229 g/mol. The number of hydrogen-bond donors (Lipinski definition) is 1. The molecule has 1 atom stereocenters. The molecule has 0 saturated carbocycles. The largest absolute Gasteiger partial charge is 0.398 e. The van der Waals surface area contributed by atoms with Gasteiger partial charge in [-0.2, -0.15) is 0 Å². The summed E-state index contributed by atoms with van der Waals surface area (Å²) in [7, 11) is 0. The predicted molar refractivity (Wildman–Crippen MR) is 65.6 cm³/mol. The van der Waals surface area contributed by atoms with E-state index in [1.165, 1.54) is 0 Å². The van der Waals surface area contributed by atoms with Crippen molar-refractivity contribution in [2.75, 3.05) is 5.73 Å². The molecule has 80 valence electrons. The summed E-state index contributed by atoms with van der Waals surface area (Å²) in [5, 5.41) is 3.06. The van der Waals surface area contributed by atoms with Crippen LogP contribution in [0.2, 0.25) is 0 Å². The van der Waals surface area contributed by atoms with Gasteiger partial charge in [-0.05, 0) is 18.1 Å². The van der Waals surface area contributed by atoms with Gasteiger partial charge in [0, 0.05) is 23.0 Å². The van der Waals surface area contributed by atoms with E-state index in [1.54, 1.807) is 17.5 Å². The first-order valence-corrected chi connectivity index (χ1v) is 6.03. The van der Waals surface area contributed by atoms with Crippen molar-refractivity contribution in [2.45, 2.75) is 12.5 Å². The lowest BCUT2D eigenvalue weighted by atomic mass is 10.0. The minimum absolute atomic E-state index is 0.194. The summed E-state index contributed by atoms with van der Waals surface area (Å²) in [5.41, 5.74) is 7.86. The number of anilines is 1. The molecule has 1 aliphatic rings. The lowest BCUT2D eigenvalue weighted by Crippen LogP contribution is -2.26. The van der Waals surface area contributed by atoms with E-state index in [0.29, 0.717) is 0 Å². The topological polar surface area (TPSA) is 51.3 Å². The van der Waals surface area contributed by atoms with Gasteiger partial charge in [0.15, 0.2) is 0 Å². The summed E-state index contributed by atoms with van der Waals surface area (Å²) in [6, 6.07) is 4.21. The van der Waals surface area contributed by atoms with Gasteiger partial charge in [0.1, 0.15) is 4.67 Å². The van der Waals surface area contributed by atoms with Gasteiger partial charge in [-0.1, -0.05) is 12.1 Å². The molecule has 0 saturated heterocycles. The summed E-state index contributed by atoms with van der Waals surface area (Å²) in [6.07, 6.45) is 6.74. The number of fused-ring (bicyclic) bond motifs is 1. The smallest absolute Gasteiger partial charge is 0.120 e. The molecule has 0 spiro atoms. The van der Waals surface area contributed by atoms with E-state index in [1.807, 2.05) is 17.6 Å². The Kier molecular flexibility index (Phi) is 2.22. The second-order valence-corrected chi connectivity index (χ2v) is 4.64. The fraction of sp³-hybridized carbons (Fsp3) is 0.167. The molecule has 0 radical (unpaired) electrons. The number of nitrogens with zero attached hydrogens (tertiary/aromatic N) is 2. The van der Waals surface area contributed by atoms with Crippen LogP contribution in [0.4, 0.5) is 5.69 Å². The quantitative estimate of drug-likeness (QED) is 0.800. The maximum absolute atomic E-state index is 5.85. The van der Waals surface area contributed by atoms with Crippen LogP contribution in [0.5, 0.6) is 0 Å². The highest BCUT2D eigenvalue weighted by atomic mass is 32.1. The summed E-state index contributed by atoms with van der Waals surface area (Å²) in [6.45, 7) is 0. The minimum atomic E-state index is 0.194. The Morgan fingerprint density at radius 3 is 3.19 bits per heavy atom. The van der Waals surface area contributed by atoms with Crippen molar-refractivity contribution in [3.05, 3.63) is 45.4 Å². The Balaban J connectivity index is 2.08. The predicted octanol–water partition coefficient (Wildman–Crippen LogP) is 1.27. The zero-order chi connectivity index (χ0) is 11.0. The van der Waals surface area contributed by atoms with Gasteiger partial charge in [0.05, 0.1) is 11.7 Å². The maximum Gasteiger partial charge on any atom is 0.120 e. The van der Waals surface area contributed by atoms with E-state index in [9.17, 15) is 0 Å². The lowest BCUT2D eigenvalue weighted by Gasteiger charge is -2.11. The molecule has 3 rings (SSSR count). The molecule has 4 heteroatoms. The number of hydrogen-bond acceptors (Lipinski definition) is 4. The lowest BCUT2D eigenvalue weighted by molar-refractivity contribution is 0.726. The van der Waals surface area contributed by atoms with Crippen LogP contribution in [0.25, 0.3) is 6.08 Å². The molecular formula is C12H11N3S. The average Bonchev–Trinajstić information content (AvgIpc) is 2.72. The van der Waals surface area contributed by atoms with E-state index in [2.05, 4.69) is 17.1 Å². The maximum atomic E-state index is 5.85. The van der Waals surface area contributed by atoms with Crippen LogP contribution >= 0.6 is 11.3 Å².